The largest absolute Gasteiger partial charge is 0.443 e. The predicted molar refractivity (Wildman–Crippen MR) is 214 cm³/mol. The first-order valence-corrected chi connectivity index (χ1v) is 18.1. The van der Waals surface area contributed by atoms with Gasteiger partial charge in [0.1, 0.15) is 28.9 Å². The van der Waals surface area contributed by atoms with Crippen molar-refractivity contribution in [3.05, 3.63) is 131 Å². The number of rotatable bonds is 4. The first-order chi connectivity index (χ1) is 27.4. The van der Waals surface area contributed by atoms with Gasteiger partial charge < -0.3 is 30.7 Å². The number of aromatic amines is 2. The number of nitrogens with one attached hydrogen (secondary N) is 5. The zero-order chi connectivity index (χ0) is 39.6. The van der Waals surface area contributed by atoms with E-state index in [1.54, 1.807) is 57.4 Å². The molecule has 4 aromatic carbocycles. The molecule has 8 aromatic rings. The summed E-state index contributed by atoms with van der Waals surface area (Å²) in [4.78, 5) is 54.1. The van der Waals surface area contributed by atoms with Crippen LogP contribution >= 0.6 is 0 Å². The van der Waals surface area contributed by atoms with Gasteiger partial charge >= 0.3 is 6.09 Å². The van der Waals surface area contributed by atoms with Crippen molar-refractivity contribution >= 4 is 84.3 Å². The van der Waals surface area contributed by atoms with E-state index in [0.717, 1.165) is 53.9 Å². The number of aromatic nitrogens is 4. The second-order valence-corrected chi connectivity index (χ2v) is 14.8. The van der Waals surface area contributed by atoms with Gasteiger partial charge in [-0.05, 0) is 69.3 Å². The molecule has 10 rings (SSSR count). The number of benzene rings is 4. The average molecular weight is 765 g/mol. The van der Waals surface area contributed by atoms with Crippen molar-refractivity contribution in [2.24, 2.45) is 0 Å². The quantitative estimate of drug-likeness (QED) is 0.119. The van der Waals surface area contributed by atoms with Crippen LogP contribution in [0.25, 0.3) is 43.4 Å². The smallest absolute Gasteiger partial charge is 0.417 e. The summed E-state index contributed by atoms with van der Waals surface area (Å²) in [6.45, 7) is 5.92. The number of carbonyl (C=O) groups is 3. The Labute approximate surface area is 323 Å². The fourth-order valence-electron chi connectivity index (χ4n) is 7.28. The molecule has 4 aromatic heterocycles. The molecule has 0 bridgehead atoms. The number of anilines is 4. The van der Waals surface area contributed by atoms with Gasteiger partial charge in [-0.1, -0.05) is 36.4 Å². The van der Waals surface area contributed by atoms with Crippen molar-refractivity contribution in [2.45, 2.75) is 39.5 Å². The molecule has 14 heteroatoms. The Morgan fingerprint density at radius 1 is 0.719 bits per heavy atom. The lowest BCUT2D eigenvalue weighted by molar-refractivity contribution is 0.0247. The number of hydrogen-bond acceptors (Lipinski definition) is 8. The molecule has 2 aliphatic rings. The Morgan fingerprint density at radius 2 is 1.26 bits per heavy atom. The zero-order valence-corrected chi connectivity index (χ0v) is 30.9. The van der Waals surface area contributed by atoms with Crippen LogP contribution in [0, 0.1) is 11.6 Å². The van der Waals surface area contributed by atoms with E-state index in [-0.39, 0.29) is 30.0 Å². The molecule has 2 aliphatic heterocycles. The number of H-pyrrole nitrogens is 2. The molecule has 6 heterocycles. The number of carbonyl (C=O) groups excluding carboxylic acids is 3. The summed E-state index contributed by atoms with van der Waals surface area (Å²) < 4.78 is 32.2. The highest BCUT2D eigenvalue weighted by Gasteiger charge is 2.38. The van der Waals surface area contributed by atoms with Gasteiger partial charge in [-0.25, -0.2) is 28.4 Å². The van der Waals surface area contributed by atoms with Crippen LogP contribution in [0.4, 0.5) is 36.6 Å². The maximum absolute atomic E-state index is 13.5. The van der Waals surface area contributed by atoms with E-state index in [9.17, 15) is 23.2 Å². The zero-order valence-electron chi connectivity index (χ0n) is 30.9. The number of ether oxygens (including phenoxy) is 1. The lowest BCUT2D eigenvalue weighted by Gasteiger charge is -2.23. The number of imide groups is 1. The molecular weight excluding hydrogens is 731 g/mol. The number of halogens is 2. The molecule has 0 fully saturated rings. The Balaban J connectivity index is 0.000000153. The van der Waals surface area contributed by atoms with Gasteiger partial charge in [-0.15, -0.1) is 0 Å². The monoisotopic (exact) mass is 764 g/mol. The topological polar surface area (TPSA) is 157 Å². The van der Waals surface area contributed by atoms with Crippen LogP contribution in [0.2, 0.25) is 0 Å². The van der Waals surface area contributed by atoms with Crippen LogP contribution in [0.15, 0.2) is 97.3 Å². The van der Waals surface area contributed by atoms with Crippen LogP contribution in [0.5, 0.6) is 0 Å². The maximum atomic E-state index is 13.5. The average Bonchev–Trinajstić information content (AvgIpc) is 3.92. The third-order valence-corrected chi connectivity index (χ3v) is 9.74. The van der Waals surface area contributed by atoms with Crippen molar-refractivity contribution in [3.63, 3.8) is 0 Å². The van der Waals surface area contributed by atoms with Crippen LogP contribution in [0.3, 0.4) is 0 Å². The van der Waals surface area contributed by atoms with E-state index >= 15 is 0 Å². The standard InChI is InChI=1S/C24H21FN4O3.C19H13FN4O/c1-24(2,3)32-23(31)29-12-18-20(22(29)30)16-8-7-13-11-26-19(10-17(13)21(16)28-18)27-15-6-4-5-14(25)9-15;20-11-2-1-3-12(6-11)23-16-7-14-10(8-21-16)4-5-13-17-15(24-18(13)14)9-22-19(17)25/h4-11,28H,12H2,1-3H3,(H,26,27);1-8,24H,9H2,(H,21,23)(H,22,25). The molecule has 0 aliphatic carbocycles. The van der Waals surface area contributed by atoms with Crippen LogP contribution < -0.4 is 16.0 Å². The van der Waals surface area contributed by atoms with Crippen LogP contribution in [-0.4, -0.2) is 48.3 Å². The SMILES string of the molecule is CC(C)(C)OC(=O)N1Cc2[nH]c3c(ccc4cnc(Nc5cccc(F)c5)cc43)c2C1=O.O=C1NCc2[nH]c3c(ccc4cnc(Nc5cccc(F)c5)cc43)c21. The predicted octanol–water partition coefficient (Wildman–Crippen LogP) is 9.33. The summed E-state index contributed by atoms with van der Waals surface area (Å²) >= 11 is 0. The summed E-state index contributed by atoms with van der Waals surface area (Å²) in [7, 11) is 0. The second kappa shape index (κ2) is 13.4. The van der Waals surface area contributed by atoms with Crippen molar-refractivity contribution in [3.8, 4) is 0 Å². The highest BCUT2D eigenvalue weighted by molar-refractivity contribution is 6.19. The highest BCUT2D eigenvalue weighted by Crippen LogP contribution is 2.36. The number of fused-ring (bicyclic) bond motifs is 10. The number of nitrogens with zero attached hydrogens (tertiary/aromatic N) is 3. The molecule has 0 saturated heterocycles. The molecule has 5 N–H and O–H groups in total. The Bertz CT molecular complexity index is 2970. The minimum absolute atomic E-state index is 0.0484. The van der Waals surface area contributed by atoms with Crippen LogP contribution in [0.1, 0.15) is 52.9 Å². The van der Waals surface area contributed by atoms with Gasteiger partial charge in [-0.2, -0.15) is 0 Å². The van der Waals surface area contributed by atoms with Gasteiger partial charge in [0.15, 0.2) is 0 Å². The van der Waals surface area contributed by atoms with E-state index in [4.69, 9.17) is 4.74 Å². The molecule has 284 valence electrons. The van der Waals surface area contributed by atoms with E-state index in [0.29, 0.717) is 46.4 Å². The Morgan fingerprint density at radius 3 is 1.81 bits per heavy atom. The Kier molecular flexibility index (Phi) is 8.34. The van der Waals surface area contributed by atoms with E-state index in [2.05, 4.69) is 35.9 Å². The van der Waals surface area contributed by atoms with E-state index in [1.807, 2.05) is 36.4 Å². The molecule has 0 unspecified atom stereocenters. The maximum Gasteiger partial charge on any atom is 0.417 e. The minimum atomic E-state index is -0.690. The Hall–Kier alpha value is -7.35. The second-order valence-electron chi connectivity index (χ2n) is 14.8. The molecule has 0 saturated carbocycles. The minimum Gasteiger partial charge on any atom is -0.443 e. The van der Waals surface area contributed by atoms with Crippen LogP contribution in [-0.2, 0) is 17.8 Å². The molecular formula is C43H34F2N8O4. The van der Waals surface area contributed by atoms with E-state index < -0.39 is 11.7 Å². The van der Waals surface area contributed by atoms with Crippen molar-refractivity contribution in [1.82, 2.24) is 30.2 Å². The summed E-state index contributed by atoms with van der Waals surface area (Å²) in [6, 6.07) is 23.8. The fraction of sp³-hybridized carbons (Fsp3) is 0.140. The van der Waals surface area contributed by atoms with Gasteiger partial charge in [0, 0.05) is 67.5 Å². The fourth-order valence-corrected chi connectivity index (χ4v) is 7.28. The summed E-state index contributed by atoms with van der Waals surface area (Å²) in [5.74, 6) is 0.0867. The molecule has 0 spiro atoms. The number of hydrogen-bond donors (Lipinski definition) is 5. The summed E-state index contributed by atoms with van der Waals surface area (Å²) in [5.41, 5.74) is 5.00. The summed E-state index contributed by atoms with van der Waals surface area (Å²) in [5, 5.41) is 14.4. The lowest BCUT2D eigenvalue weighted by atomic mass is 10.1. The molecule has 57 heavy (non-hydrogen) atoms. The first kappa shape index (κ1) is 35.4. The lowest BCUT2D eigenvalue weighted by Crippen LogP contribution is -2.37. The molecule has 12 nitrogen and oxygen atoms in total. The highest BCUT2D eigenvalue weighted by atomic mass is 19.1. The van der Waals surface area contributed by atoms with Crippen molar-refractivity contribution < 1.29 is 27.9 Å². The van der Waals surface area contributed by atoms with Crippen molar-refractivity contribution in [1.29, 1.82) is 0 Å². The molecule has 3 amide bonds. The normalized spacial score (nSPS) is 13.5. The third-order valence-electron chi connectivity index (χ3n) is 9.74. The third kappa shape index (κ3) is 6.60. The van der Waals surface area contributed by atoms with Crippen molar-refractivity contribution in [2.75, 3.05) is 10.6 Å². The van der Waals surface area contributed by atoms with Gasteiger partial charge in [-0.3, -0.25) is 9.59 Å². The van der Waals surface area contributed by atoms with Gasteiger partial charge in [0.25, 0.3) is 11.8 Å². The van der Waals surface area contributed by atoms with Gasteiger partial charge in [0.05, 0.1) is 35.2 Å². The van der Waals surface area contributed by atoms with E-state index in [1.165, 1.54) is 24.3 Å². The molecule has 0 radical (unpaired) electrons. The summed E-state index contributed by atoms with van der Waals surface area (Å²) in [6.07, 6.45) is 2.83. The first-order valence-electron chi connectivity index (χ1n) is 18.1. The number of pyridine rings is 2. The molecule has 0 atom stereocenters. The number of amides is 3. The van der Waals surface area contributed by atoms with Gasteiger partial charge in [0.2, 0.25) is 0 Å².